The largest absolute Gasteiger partial charge is 0.339 e. The Labute approximate surface area is 192 Å². The van der Waals surface area contributed by atoms with E-state index in [0.717, 1.165) is 28.1 Å². The third kappa shape index (κ3) is 3.80. The molecule has 0 radical (unpaired) electrons. The van der Waals surface area contributed by atoms with E-state index in [-0.39, 0.29) is 17.7 Å². The first kappa shape index (κ1) is 20.7. The van der Waals surface area contributed by atoms with Gasteiger partial charge in [0.2, 0.25) is 5.91 Å². The topological polar surface area (TPSA) is 76.0 Å². The van der Waals surface area contributed by atoms with Gasteiger partial charge in [0.1, 0.15) is 11.9 Å². The molecule has 2 heterocycles. The zero-order chi connectivity index (χ0) is 22.9. The second-order valence-electron chi connectivity index (χ2n) is 8.29. The zero-order valence-corrected chi connectivity index (χ0v) is 18.4. The maximum atomic E-state index is 13.4. The molecular weight excluding hydrogens is 412 g/mol. The van der Waals surface area contributed by atoms with Crippen molar-refractivity contribution in [1.82, 2.24) is 15.1 Å². The van der Waals surface area contributed by atoms with Gasteiger partial charge in [0.25, 0.3) is 5.91 Å². The van der Waals surface area contributed by atoms with E-state index >= 15 is 0 Å². The zero-order valence-electron chi connectivity index (χ0n) is 18.4. The van der Waals surface area contributed by atoms with E-state index in [4.69, 9.17) is 5.10 Å². The average Bonchev–Trinajstić information content (AvgIpc) is 3.17. The Morgan fingerprint density at radius 1 is 0.909 bits per heavy atom. The molecule has 3 aromatic carbocycles. The fourth-order valence-electron chi connectivity index (χ4n) is 4.40. The van der Waals surface area contributed by atoms with Gasteiger partial charge in [-0.2, -0.15) is 5.10 Å². The summed E-state index contributed by atoms with van der Waals surface area (Å²) in [5.41, 5.74) is 5.15. The Bertz CT molecular complexity index is 1310. The molecule has 0 saturated heterocycles. The van der Waals surface area contributed by atoms with Crippen LogP contribution in [0.3, 0.4) is 0 Å². The summed E-state index contributed by atoms with van der Waals surface area (Å²) >= 11 is 0. The summed E-state index contributed by atoms with van der Waals surface area (Å²) in [5, 5.41) is 10.7. The first-order valence-corrected chi connectivity index (χ1v) is 10.9. The third-order valence-corrected chi connectivity index (χ3v) is 6.03. The van der Waals surface area contributed by atoms with Crippen molar-refractivity contribution in [2.24, 2.45) is 0 Å². The van der Waals surface area contributed by atoms with Crippen LogP contribution in [-0.2, 0) is 4.79 Å². The van der Waals surface area contributed by atoms with Crippen LogP contribution in [0.15, 0.2) is 84.9 Å². The number of hydrogen-bond donors (Lipinski definition) is 2. The van der Waals surface area contributed by atoms with Crippen LogP contribution in [0.4, 0.5) is 5.82 Å². The average molecular weight is 437 g/mol. The highest BCUT2D eigenvalue weighted by Crippen LogP contribution is 2.40. The van der Waals surface area contributed by atoms with Crippen molar-refractivity contribution in [2.45, 2.75) is 25.8 Å². The van der Waals surface area contributed by atoms with Crippen LogP contribution in [0, 0.1) is 13.8 Å². The first-order valence-electron chi connectivity index (χ1n) is 10.9. The molecule has 1 aliphatic heterocycles. The monoisotopic (exact) mass is 436 g/mol. The van der Waals surface area contributed by atoms with E-state index in [1.165, 1.54) is 0 Å². The van der Waals surface area contributed by atoms with Crippen LogP contribution in [0.2, 0.25) is 0 Å². The lowest BCUT2D eigenvalue weighted by Crippen LogP contribution is -2.50. The summed E-state index contributed by atoms with van der Waals surface area (Å²) < 4.78 is 1.76. The number of carbonyl (C=O) groups excluding carboxylic acids is 2. The molecule has 6 heteroatoms. The molecule has 33 heavy (non-hydrogen) atoms. The van der Waals surface area contributed by atoms with Crippen molar-refractivity contribution in [1.29, 1.82) is 0 Å². The van der Waals surface area contributed by atoms with Crippen LogP contribution >= 0.6 is 0 Å². The molecular formula is C27H24N4O2. The fraction of sp³-hybridized carbons (Fsp3) is 0.148. The van der Waals surface area contributed by atoms with Crippen LogP contribution in [-0.4, -0.2) is 27.6 Å². The van der Waals surface area contributed by atoms with Gasteiger partial charge < -0.3 is 10.6 Å². The van der Waals surface area contributed by atoms with E-state index in [0.29, 0.717) is 11.4 Å². The molecule has 0 saturated carbocycles. The number of amides is 2. The van der Waals surface area contributed by atoms with Crippen molar-refractivity contribution >= 4 is 17.6 Å². The molecule has 0 fully saturated rings. The second-order valence-corrected chi connectivity index (χ2v) is 8.29. The van der Waals surface area contributed by atoms with Gasteiger partial charge in [-0.25, -0.2) is 4.68 Å². The van der Waals surface area contributed by atoms with E-state index in [1.807, 2.05) is 74.5 Å². The van der Waals surface area contributed by atoms with Crippen LogP contribution in [0.1, 0.15) is 38.7 Å². The van der Waals surface area contributed by atoms with E-state index in [2.05, 4.69) is 10.6 Å². The number of fused-ring (bicyclic) bond motifs is 1. The highest BCUT2D eigenvalue weighted by Gasteiger charge is 2.41. The summed E-state index contributed by atoms with van der Waals surface area (Å²) in [5.74, 6) is -0.294. The lowest BCUT2D eigenvalue weighted by atomic mass is 9.81. The molecule has 2 amide bonds. The minimum Gasteiger partial charge on any atom is -0.339 e. The Hall–Kier alpha value is -4.19. The summed E-state index contributed by atoms with van der Waals surface area (Å²) in [7, 11) is 0. The number of rotatable bonds is 4. The quantitative estimate of drug-likeness (QED) is 0.499. The Kier molecular flexibility index (Phi) is 5.26. The Morgan fingerprint density at radius 2 is 1.55 bits per heavy atom. The van der Waals surface area contributed by atoms with Crippen molar-refractivity contribution in [3.63, 3.8) is 0 Å². The van der Waals surface area contributed by atoms with Gasteiger partial charge in [0.15, 0.2) is 0 Å². The molecule has 2 N–H and O–H groups in total. The first-order chi connectivity index (χ1) is 16.0. The molecule has 164 valence electrons. The fourth-order valence-corrected chi connectivity index (χ4v) is 4.40. The molecule has 0 bridgehead atoms. The number of aromatic nitrogens is 2. The summed E-state index contributed by atoms with van der Waals surface area (Å²) in [6.45, 7) is 3.96. The highest BCUT2D eigenvalue weighted by molar-refractivity contribution is 6.04. The molecule has 6 nitrogen and oxygen atoms in total. The molecule has 1 aromatic heterocycles. The number of nitrogens with one attached hydrogen (secondary N) is 2. The molecule has 4 aromatic rings. The molecule has 2 atom stereocenters. The normalized spacial score (nSPS) is 17.2. The summed E-state index contributed by atoms with van der Waals surface area (Å²) in [4.78, 5) is 26.4. The van der Waals surface area contributed by atoms with Crippen molar-refractivity contribution in [2.75, 3.05) is 5.32 Å². The molecule has 0 unspecified atom stereocenters. The Balaban J connectivity index is 1.63. The number of anilines is 1. The van der Waals surface area contributed by atoms with E-state index in [9.17, 15) is 9.59 Å². The highest BCUT2D eigenvalue weighted by atomic mass is 16.2. The minimum absolute atomic E-state index is 0.269. The maximum absolute atomic E-state index is 13.4. The molecule has 0 aliphatic carbocycles. The van der Waals surface area contributed by atoms with Crippen molar-refractivity contribution in [3.8, 4) is 5.69 Å². The number of para-hydroxylation sites is 1. The number of aryl methyl sites for hydroxylation is 2. The number of carbonyl (C=O) groups is 2. The van der Waals surface area contributed by atoms with Gasteiger partial charge in [-0.3, -0.25) is 9.59 Å². The predicted molar refractivity (Wildman–Crippen MR) is 128 cm³/mol. The lowest BCUT2D eigenvalue weighted by Gasteiger charge is -2.33. The standard InChI is InChI=1S/C27H24N4O2/c1-17-13-15-19(16-14-17)23-22-18(2)30-31(21-11-7-4-8-12-21)25(22)29-27(33)24(23)28-26(32)20-9-5-3-6-10-20/h3-16,23-24H,1-2H3,(H,28,32)(H,29,33)/t23-,24+/m0/s1. The second kappa shape index (κ2) is 8.39. The summed E-state index contributed by atoms with van der Waals surface area (Å²) in [6, 6.07) is 25.9. The number of nitrogens with zero attached hydrogens (tertiary/aromatic N) is 2. The van der Waals surface area contributed by atoms with Gasteiger partial charge in [-0.05, 0) is 43.7 Å². The van der Waals surface area contributed by atoms with Gasteiger partial charge in [0.05, 0.1) is 11.4 Å². The van der Waals surface area contributed by atoms with Gasteiger partial charge in [-0.15, -0.1) is 0 Å². The van der Waals surface area contributed by atoms with Crippen LogP contribution in [0.5, 0.6) is 0 Å². The van der Waals surface area contributed by atoms with Gasteiger partial charge >= 0.3 is 0 Å². The van der Waals surface area contributed by atoms with Crippen LogP contribution < -0.4 is 10.6 Å². The summed E-state index contributed by atoms with van der Waals surface area (Å²) in [6.07, 6.45) is 0. The van der Waals surface area contributed by atoms with Gasteiger partial charge in [0, 0.05) is 17.0 Å². The smallest absolute Gasteiger partial charge is 0.251 e. The number of hydrogen-bond acceptors (Lipinski definition) is 3. The minimum atomic E-state index is -0.778. The number of benzene rings is 3. The SMILES string of the molecule is Cc1ccc([C@H]2c3c(C)nn(-c4ccccc4)c3NC(=O)[C@@H]2NC(=O)c2ccccc2)cc1. The Morgan fingerprint density at radius 3 is 2.21 bits per heavy atom. The molecule has 1 aliphatic rings. The molecule has 5 rings (SSSR count). The van der Waals surface area contributed by atoms with E-state index in [1.54, 1.807) is 28.9 Å². The lowest BCUT2D eigenvalue weighted by molar-refractivity contribution is -0.118. The molecule has 0 spiro atoms. The van der Waals surface area contributed by atoms with E-state index < -0.39 is 6.04 Å². The van der Waals surface area contributed by atoms with Crippen LogP contribution in [0.25, 0.3) is 5.69 Å². The maximum Gasteiger partial charge on any atom is 0.251 e. The van der Waals surface area contributed by atoms with Gasteiger partial charge in [-0.1, -0.05) is 66.2 Å². The third-order valence-electron chi connectivity index (χ3n) is 6.03. The van der Waals surface area contributed by atoms with Crippen molar-refractivity contribution < 1.29 is 9.59 Å². The van der Waals surface area contributed by atoms with Crippen molar-refractivity contribution in [3.05, 3.63) is 113 Å². The predicted octanol–water partition coefficient (Wildman–Crippen LogP) is 4.37.